The van der Waals surface area contributed by atoms with Gasteiger partial charge in [-0.3, -0.25) is 9.48 Å². The molecule has 78 valence electrons. The second-order valence-corrected chi connectivity index (χ2v) is 4.50. The van der Waals surface area contributed by atoms with Crippen LogP contribution in [0.2, 0.25) is 5.02 Å². The van der Waals surface area contributed by atoms with Gasteiger partial charge in [-0.2, -0.15) is 5.10 Å². The van der Waals surface area contributed by atoms with Gasteiger partial charge < -0.3 is 0 Å². The Labute approximate surface area is 96.3 Å². The largest absolute Gasteiger partial charge is 0.293 e. The fourth-order valence-corrected chi connectivity index (χ4v) is 2.40. The summed E-state index contributed by atoms with van der Waals surface area (Å²) in [5.41, 5.74) is 0.770. The van der Waals surface area contributed by atoms with Crippen molar-refractivity contribution in [3.05, 3.63) is 39.3 Å². The van der Waals surface area contributed by atoms with Gasteiger partial charge in [0.05, 0.1) is 22.0 Å². The molecule has 2 heterocycles. The Balaban J connectivity index is 2.14. The smallest absolute Gasteiger partial charge is 0.180 e. The van der Waals surface area contributed by atoms with Crippen molar-refractivity contribution >= 4 is 28.7 Å². The van der Waals surface area contributed by atoms with Gasteiger partial charge in [0.15, 0.2) is 5.78 Å². The zero-order chi connectivity index (χ0) is 10.8. The molecule has 3 nitrogen and oxygen atoms in total. The van der Waals surface area contributed by atoms with Gasteiger partial charge in [-0.25, -0.2) is 0 Å². The molecule has 2 rings (SSSR count). The molecule has 2 aromatic heterocycles. The number of nitrogens with zero attached hydrogens (tertiary/aromatic N) is 2. The molecule has 2 aromatic rings. The molecule has 0 aromatic carbocycles. The van der Waals surface area contributed by atoms with Crippen LogP contribution in [-0.2, 0) is 13.5 Å². The second kappa shape index (κ2) is 4.16. The van der Waals surface area contributed by atoms with E-state index in [1.807, 2.05) is 24.7 Å². The molecule has 0 unspecified atom stereocenters. The Morgan fingerprint density at radius 3 is 2.93 bits per heavy atom. The number of carbonyl (C=O) groups excluding carboxylic acids is 1. The van der Waals surface area contributed by atoms with E-state index < -0.39 is 0 Å². The lowest BCUT2D eigenvalue weighted by Gasteiger charge is -1.95. The zero-order valence-electron chi connectivity index (χ0n) is 8.11. The summed E-state index contributed by atoms with van der Waals surface area (Å²) in [6.45, 7) is 0. The Morgan fingerprint density at radius 1 is 1.60 bits per heavy atom. The molecule has 0 radical (unpaired) electrons. The normalized spacial score (nSPS) is 10.5. The van der Waals surface area contributed by atoms with Crippen LogP contribution in [-0.4, -0.2) is 15.6 Å². The first-order chi connectivity index (χ1) is 7.16. The minimum atomic E-state index is 0.0219. The predicted molar refractivity (Wildman–Crippen MR) is 60.6 cm³/mol. The number of hydrogen-bond acceptors (Lipinski definition) is 3. The van der Waals surface area contributed by atoms with Crippen LogP contribution in [0.3, 0.4) is 0 Å². The molecule has 0 aliphatic heterocycles. The molecule has 0 aliphatic rings. The third-order valence-electron chi connectivity index (χ3n) is 1.98. The summed E-state index contributed by atoms with van der Waals surface area (Å²) in [6.07, 6.45) is 2.12. The van der Waals surface area contributed by atoms with Gasteiger partial charge in [-0.1, -0.05) is 11.6 Å². The number of aromatic nitrogens is 2. The van der Waals surface area contributed by atoms with E-state index in [0.717, 1.165) is 5.69 Å². The second-order valence-electron chi connectivity index (χ2n) is 3.18. The number of carbonyl (C=O) groups is 1. The fourth-order valence-electron chi connectivity index (χ4n) is 1.29. The summed E-state index contributed by atoms with van der Waals surface area (Å²) in [5.74, 6) is 0.0219. The average molecular weight is 241 g/mol. The van der Waals surface area contributed by atoms with Crippen molar-refractivity contribution in [2.24, 2.45) is 7.05 Å². The maximum absolute atomic E-state index is 11.8. The van der Waals surface area contributed by atoms with Gasteiger partial charge in [0.1, 0.15) is 0 Å². The summed E-state index contributed by atoms with van der Waals surface area (Å²) in [7, 11) is 1.83. The average Bonchev–Trinajstić information content (AvgIpc) is 2.75. The van der Waals surface area contributed by atoms with Crippen LogP contribution in [0.15, 0.2) is 23.7 Å². The standard InChI is InChI=1S/C10H9ClN2OS/c1-13-4-2-7(12-13)6-9(14)10-8(11)3-5-15-10/h2-5H,6H2,1H3. The number of hydrogen-bond donors (Lipinski definition) is 0. The lowest BCUT2D eigenvalue weighted by Crippen LogP contribution is -2.03. The molecule has 0 atom stereocenters. The lowest BCUT2D eigenvalue weighted by atomic mass is 10.2. The number of ketones is 1. The molecule has 0 amide bonds. The highest BCUT2D eigenvalue weighted by Crippen LogP contribution is 2.23. The third kappa shape index (κ3) is 2.27. The number of thiophene rings is 1. The van der Waals surface area contributed by atoms with E-state index in [0.29, 0.717) is 16.3 Å². The van der Waals surface area contributed by atoms with Gasteiger partial charge in [0.2, 0.25) is 0 Å². The molecule has 15 heavy (non-hydrogen) atoms. The van der Waals surface area contributed by atoms with E-state index in [2.05, 4.69) is 5.10 Å². The Morgan fingerprint density at radius 2 is 2.40 bits per heavy atom. The maximum atomic E-state index is 11.8. The molecule has 0 fully saturated rings. The fraction of sp³-hybridized carbons (Fsp3) is 0.200. The van der Waals surface area contributed by atoms with E-state index in [1.54, 1.807) is 10.7 Å². The van der Waals surface area contributed by atoms with E-state index >= 15 is 0 Å². The molecular formula is C10H9ClN2OS. The molecular weight excluding hydrogens is 232 g/mol. The minimum Gasteiger partial charge on any atom is -0.293 e. The van der Waals surface area contributed by atoms with Crippen molar-refractivity contribution < 1.29 is 4.79 Å². The summed E-state index contributed by atoms with van der Waals surface area (Å²) >= 11 is 7.24. The quantitative estimate of drug-likeness (QED) is 0.773. The Kier molecular flexibility index (Phi) is 2.88. The highest BCUT2D eigenvalue weighted by molar-refractivity contribution is 7.12. The van der Waals surface area contributed by atoms with E-state index in [4.69, 9.17) is 11.6 Å². The first kappa shape index (κ1) is 10.4. The molecule has 5 heteroatoms. The third-order valence-corrected chi connectivity index (χ3v) is 3.36. The minimum absolute atomic E-state index is 0.0219. The number of rotatable bonds is 3. The zero-order valence-corrected chi connectivity index (χ0v) is 9.68. The van der Waals surface area contributed by atoms with Crippen LogP contribution in [0.25, 0.3) is 0 Å². The van der Waals surface area contributed by atoms with Gasteiger partial charge in [-0.15, -0.1) is 11.3 Å². The Hall–Kier alpha value is -1.13. The SMILES string of the molecule is Cn1ccc(CC(=O)c2sccc2Cl)n1. The van der Waals surface area contributed by atoms with Crippen molar-refractivity contribution in [3.63, 3.8) is 0 Å². The van der Waals surface area contributed by atoms with E-state index in [1.165, 1.54) is 11.3 Å². The Bertz CT molecular complexity index is 489. The first-order valence-corrected chi connectivity index (χ1v) is 5.67. The first-order valence-electron chi connectivity index (χ1n) is 4.41. The predicted octanol–water partition coefficient (Wildman–Crippen LogP) is 2.56. The maximum Gasteiger partial charge on any atom is 0.180 e. The summed E-state index contributed by atoms with van der Waals surface area (Å²) in [5, 5.41) is 6.49. The molecule has 0 saturated heterocycles. The van der Waals surface area contributed by atoms with Crippen molar-refractivity contribution in [1.29, 1.82) is 0 Å². The summed E-state index contributed by atoms with van der Waals surface area (Å²) in [6, 6.07) is 3.57. The highest BCUT2D eigenvalue weighted by atomic mass is 35.5. The van der Waals surface area contributed by atoms with Gasteiger partial charge in [0.25, 0.3) is 0 Å². The monoisotopic (exact) mass is 240 g/mol. The number of aryl methyl sites for hydroxylation is 1. The van der Waals surface area contributed by atoms with Gasteiger partial charge in [-0.05, 0) is 17.5 Å². The van der Waals surface area contributed by atoms with Crippen molar-refractivity contribution in [3.8, 4) is 0 Å². The van der Waals surface area contributed by atoms with E-state index in [9.17, 15) is 4.79 Å². The summed E-state index contributed by atoms with van der Waals surface area (Å²) in [4.78, 5) is 12.4. The summed E-state index contributed by atoms with van der Waals surface area (Å²) < 4.78 is 1.68. The van der Waals surface area contributed by atoms with Crippen LogP contribution in [0.1, 0.15) is 15.4 Å². The van der Waals surface area contributed by atoms with Crippen molar-refractivity contribution in [2.45, 2.75) is 6.42 Å². The molecule has 0 saturated carbocycles. The molecule has 0 N–H and O–H groups in total. The number of Topliss-reactive ketones (excluding diaryl/α,β-unsaturated/α-hetero) is 1. The van der Waals surface area contributed by atoms with Crippen molar-refractivity contribution in [1.82, 2.24) is 9.78 Å². The topological polar surface area (TPSA) is 34.9 Å². The van der Waals surface area contributed by atoms with Crippen molar-refractivity contribution in [2.75, 3.05) is 0 Å². The molecule has 0 spiro atoms. The number of halogens is 1. The van der Waals surface area contributed by atoms with Crippen LogP contribution in [0.4, 0.5) is 0 Å². The van der Waals surface area contributed by atoms with Crippen LogP contribution >= 0.6 is 22.9 Å². The molecule has 0 aliphatic carbocycles. The van der Waals surface area contributed by atoms with Crippen LogP contribution in [0.5, 0.6) is 0 Å². The van der Waals surface area contributed by atoms with Crippen LogP contribution < -0.4 is 0 Å². The lowest BCUT2D eigenvalue weighted by molar-refractivity contribution is 0.0996. The molecule has 0 bridgehead atoms. The van der Waals surface area contributed by atoms with E-state index in [-0.39, 0.29) is 5.78 Å². The van der Waals surface area contributed by atoms with Crippen LogP contribution in [0, 0.1) is 0 Å². The van der Waals surface area contributed by atoms with Gasteiger partial charge >= 0.3 is 0 Å². The van der Waals surface area contributed by atoms with Gasteiger partial charge in [0, 0.05) is 13.2 Å². The highest BCUT2D eigenvalue weighted by Gasteiger charge is 2.13.